The Morgan fingerprint density at radius 3 is 2.38 bits per heavy atom. The van der Waals surface area contributed by atoms with Crippen molar-refractivity contribution >= 4 is 45.8 Å². The largest absolute Gasteiger partial charge is 0.464 e. The first kappa shape index (κ1) is 26.7. The van der Waals surface area contributed by atoms with E-state index < -0.39 is 35.0 Å². The van der Waals surface area contributed by atoms with Crippen LogP contribution in [-0.4, -0.2) is 33.9 Å². The number of aromatic nitrogens is 1. The van der Waals surface area contributed by atoms with Crippen molar-refractivity contribution < 1.29 is 24.3 Å². The van der Waals surface area contributed by atoms with Gasteiger partial charge in [-0.2, -0.15) is 10.4 Å². The first-order valence-electron chi connectivity index (χ1n) is 12.2. The summed E-state index contributed by atoms with van der Waals surface area (Å²) in [6, 6.07) is 18.8. The zero-order valence-corrected chi connectivity index (χ0v) is 22.3. The highest BCUT2D eigenvalue weighted by Gasteiger charge is 2.53. The Balaban J connectivity index is 1.51. The van der Waals surface area contributed by atoms with E-state index in [-0.39, 0.29) is 21.8 Å². The summed E-state index contributed by atoms with van der Waals surface area (Å²) in [6.07, 6.45) is 1.77. The third kappa shape index (κ3) is 4.81. The highest BCUT2D eigenvalue weighted by Crippen LogP contribution is 2.41. The maximum absolute atomic E-state index is 14.1. The molecule has 0 radical (unpaired) electrons. The summed E-state index contributed by atoms with van der Waals surface area (Å²) in [4.78, 5) is 55.5. The zero-order chi connectivity index (χ0) is 28.5. The lowest BCUT2D eigenvalue weighted by Gasteiger charge is -2.35. The van der Waals surface area contributed by atoms with Crippen molar-refractivity contribution in [1.82, 2.24) is 21.0 Å². The molecule has 12 heteroatoms. The summed E-state index contributed by atoms with van der Waals surface area (Å²) in [5.41, 5.74) is 1.59. The molecule has 0 saturated heterocycles. The van der Waals surface area contributed by atoms with Crippen molar-refractivity contribution in [2.75, 3.05) is 10.3 Å². The number of H-pyrrole nitrogens is 1. The number of hydrazine groups is 1. The highest BCUT2D eigenvalue weighted by molar-refractivity contribution is 7.14. The molecule has 4 amide bonds. The summed E-state index contributed by atoms with van der Waals surface area (Å²) < 4.78 is 0. The molecule has 0 saturated carbocycles. The molecule has 5 rings (SSSR count). The Kier molecular flexibility index (Phi) is 6.88. The van der Waals surface area contributed by atoms with Crippen LogP contribution in [0.2, 0.25) is 0 Å². The van der Waals surface area contributed by atoms with E-state index in [0.717, 1.165) is 21.9 Å². The van der Waals surface area contributed by atoms with Gasteiger partial charge in [0, 0.05) is 18.0 Å². The van der Waals surface area contributed by atoms with Gasteiger partial charge in [0.25, 0.3) is 17.7 Å². The molecule has 0 spiro atoms. The second-order valence-electron chi connectivity index (χ2n) is 9.62. The molecular weight excluding hydrogens is 532 g/mol. The van der Waals surface area contributed by atoms with Crippen molar-refractivity contribution in [3.63, 3.8) is 0 Å². The van der Waals surface area contributed by atoms with Crippen LogP contribution in [0.1, 0.15) is 45.7 Å². The maximum atomic E-state index is 14.1. The minimum Gasteiger partial charge on any atom is -0.464 e. The Bertz CT molecular complexity index is 1580. The summed E-state index contributed by atoms with van der Waals surface area (Å²) >= 11 is 1.11. The van der Waals surface area contributed by atoms with Gasteiger partial charge in [-0.15, -0.1) is 11.3 Å². The van der Waals surface area contributed by atoms with Gasteiger partial charge in [0.15, 0.2) is 0 Å². The summed E-state index contributed by atoms with van der Waals surface area (Å²) in [5.74, 6) is -1.82. The lowest BCUT2D eigenvalue weighted by Crippen LogP contribution is -2.67. The lowest BCUT2D eigenvalue weighted by atomic mass is 9.92. The monoisotopic (exact) mass is 558 g/mol. The van der Waals surface area contributed by atoms with E-state index in [0.29, 0.717) is 5.56 Å². The topological polar surface area (TPSA) is 156 Å². The van der Waals surface area contributed by atoms with Crippen LogP contribution in [0.3, 0.4) is 0 Å². The molecule has 11 nitrogen and oxygen atoms in total. The quantitative estimate of drug-likeness (QED) is 0.202. The minimum absolute atomic E-state index is 0.0771. The van der Waals surface area contributed by atoms with Crippen LogP contribution in [0, 0.1) is 0 Å². The Morgan fingerprint density at radius 2 is 1.68 bits per heavy atom. The lowest BCUT2D eigenvalue weighted by molar-refractivity contribution is -0.130. The number of anilines is 2. The molecule has 0 bridgehead atoms. The Hall–Kier alpha value is -4.94. The van der Waals surface area contributed by atoms with Crippen LogP contribution in [0.4, 0.5) is 15.5 Å². The van der Waals surface area contributed by atoms with E-state index in [2.05, 4.69) is 26.4 Å². The fraction of sp³-hybridized carbons (Fsp3) is 0.143. The number of hydrogen-bond donors (Lipinski definition) is 6. The normalized spacial score (nSPS) is 16.2. The van der Waals surface area contributed by atoms with Crippen LogP contribution in [-0.2, 0) is 16.0 Å². The van der Waals surface area contributed by atoms with Gasteiger partial charge in [-0.3, -0.25) is 14.4 Å². The number of hydrogen-bond acceptors (Lipinski definition) is 6. The van der Waals surface area contributed by atoms with Crippen molar-refractivity contribution in [3.8, 4) is 0 Å². The van der Waals surface area contributed by atoms with Gasteiger partial charge in [-0.05, 0) is 49.1 Å². The van der Waals surface area contributed by atoms with Crippen LogP contribution in [0.25, 0.3) is 0 Å². The first-order valence-corrected chi connectivity index (χ1v) is 13.1. The fourth-order valence-corrected chi connectivity index (χ4v) is 5.40. The molecule has 1 aliphatic heterocycles. The van der Waals surface area contributed by atoms with Crippen molar-refractivity contribution in [2.45, 2.75) is 25.0 Å². The molecular formula is C28H26N6O5S. The number of aromatic amines is 1. The Morgan fingerprint density at radius 1 is 0.950 bits per heavy atom. The second kappa shape index (κ2) is 10.3. The number of carbonyl (C=O) groups is 4. The number of amides is 4. The number of carbonyl (C=O) groups excluding carboxylic acids is 3. The number of rotatable bonds is 7. The second-order valence-corrected chi connectivity index (χ2v) is 10.5. The van der Waals surface area contributed by atoms with E-state index in [9.17, 15) is 24.3 Å². The van der Waals surface area contributed by atoms with Crippen LogP contribution in [0.15, 0.2) is 84.5 Å². The molecule has 4 aromatic rings. The van der Waals surface area contributed by atoms with Crippen molar-refractivity contribution in [3.05, 3.63) is 107 Å². The van der Waals surface area contributed by atoms with Gasteiger partial charge in [0.2, 0.25) is 5.66 Å². The Labute approximate surface area is 233 Å². The molecule has 6 N–H and O–H groups in total. The molecule has 40 heavy (non-hydrogen) atoms. The fourth-order valence-electron chi connectivity index (χ4n) is 4.49. The molecule has 1 unspecified atom stereocenters. The molecule has 204 valence electrons. The molecule has 0 fully saturated rings. The summed E-state index contributed by atoms with van der Waals surface area (Å²) in [6.45, 7) is 3.61. The maximum Gasteiger partial charge on any atom is 0.427 e. The van der Waals surface area contributed by atoms with Gasteiger partial charge in [0.05, 0.1) is 22.4 Å². The van der Waals surface area contributed by atoms with Gasteiger partial charge < -0.3 is 26.0 Å². The highest BCUT2D eigenvalue weighted by atomic mass is 32.1. The van der Waals surface area contributed by atoms with E-state index in [1.807, 2.05) is 30.3 Å². The van der Waals surface area contributed by atoms with Crippen molar-refractivity contribution in [2.24, 2.45) is 0 Å². The molecule has 3 heterocycles. The third-order valence-electron chi connectivity index (χ3n) is 6.57. The smallest absolute Gasteiger partial charge is 0.427 e. The number of benzene rings is 2. The number of nitrogens with zero attached hydrogens (tertiary/aromatic N) is 1. The zero-order valence-electron chi connectivity index (χ0n) is 21.5. The van der Waals surface area contributed by atoms with Crippen LogP contribution >= 0.6 is 11.3 Å². The van der Waals surface area contributed by atoms with Gasteiger partial charge in [-0.25, -0.2) is 4.79 Å². The van der Waals surface area contributed by atoms with E-state index in [4.69, 9.17) is 0 Å². The SMILES string of the molecule is CC(C)(NC(=O)C1(NC(=O)c2ccccc2NC(=O)c2cc[nH]c2)NN(C(=O)O)c2sccc21)c1ccccc1. The van der Waals surface area contributed by atoms with Crippen LogP contribution in [0.5, 0.6) is 0 Å². The number of carboxylic acid groups (broad SMARTS) is 1. The average Bonchev–Trinajstić information content (AvgIpc) is 3.69. The van der Waals surface area contributed by atoms with Gasteiger partial charge in [-0.1, -0.05) is 42.5 Å². The number of fused-ring (bicyclic) bond motifs is 1. The van der Waals surface area contributed by atoms with Crippen LogP contribution < -0.4 is 26.4 Å². The first-order chi connectivity index (χ1) is 19.1. The minimum atomic E-state index is -1.98. The average molecular weight is 559 g/mol. The standard InChI is InChI=1S/C28H26N6O5S/c1-27(2,18-8-4-3-5-9-18)32-25(37)28(20-13-15-40-24(20)34(33-28)26(38)39)31-23(36)19-10-6-7-11-21(19)30-22(35)17-12-14-29-16-17/h3-16,29,33H,1-2H3,(H,30,35)(H,31,36)(H,32,37)(H,38,39). The van der Waals surface area contributed by atoms with E-state index in [1.165, 1.54) is 12.3 Å². The molecule has 2 aromatic carbocycles. The molecule has 1 atom stereocenters. The predicted molar refractivity (Wildman–Crippen MR) is 150 cm³/mol. The molecule has 1 aliphatic rings. The predicted octanol–water partition coefficient (Wildman–Crippen LogP) is 3.97. The third-order valence-corrected chi connectivity index (χ3v) is 7.46. The molecule has 0 aliphatic carbocycles. The van der Waals surface area contributed by atoms with E-state index >= 15 is 0 Å². The number of para-hydroxylation sites is 1. The number of nitrogens with one attached hydrogen (secondary N) is 5. The van der Waals surface area contributed by atoms with Gasteiger partial charge >= 0.3 is 6.09 Å². The summed E-state index contributed by atoms with van der Waals surface area (Å²) in [7, 11) is 0. The number of thiophene rings is 1. The van der Waals surface area contributed by atoms with Gasteiger partial charge in [0.1, 0.15) is 5.00 Å². The van der Waals surface area contributed by atoms with E-state index in [1.54, 1.807) is 55.8 Å². The molecule has 2 aromatic heterocycles. The van der Waals surface area contributed by atoms with Crippen molar-refractivity contribution in [1.29, 1.82) is 0 Å². The summed E-state index contributed by atoms with van der Waals surface area (Å²) in [5, 5.41) is 21.0.